The number of aliphatic hydroxyl groups excluding tert-OH is 1. The first-order valence-corrected chi connectivity index (χ1v) is 8.29. The maximum absolute atomic E-state index is 12.6. The molecule has 0 bridgehead atoms. The lowest BCUT2D eigenvalue weighted by molar-refractivity contribution is 0.0901. The topological polar surface area (TPSA) is 67.2 Å². The number of aliphatic hydroxyl groups is 1. The van der Waals surface area contributed by atoms with E-state index in [1.807, 2.05) is 58.0 Å². The molecule has 2 aromatic rings. The molecular weight excluding hydrogens is 302 g/mol. The molecule has 0 spiro atoms. The Morgan fingerprint density at radius 3 is 2.50 bits per heavy atom. The Hall–Kier alpha value is -2.14. The Bertz CT molecular complexity index is 703. The molecule has 0 saturated heterocycles. The zero-order valence-electron chi connectivity index (χ0n) is 15.1. The number of hydrogen-bond acceptors (Lipinski definition) is 3. The number of hydrogen-bond donors (Lipinski definition) is 2. The molecule has 1 heterocycles. The second-order valence-corrected chi connectivity index (χ2v) is 7.19. The van der Waals surface area contributed by atoms with Crippen molar-refractivity contribution in [1.29, 1.82) is 0 Å². The number of amides is 1. The third kappa shape index (κ3) is 4.23. The van der Waals surface area contributed by atoms with E-state index < -0.39 is 0 Å². The van der Waals surface area contributed by atoms with Gasteiger partial charge in [0.1, 0.15) is 0 Å². The lowest BCUT2D eigenvalue weighted by Crippen LogP contribution is -2.36. The number of rotatable bonds is 6. The molecule has 1 aromatic heterocycles. The summed E-state index contributed by atoms with van der Waals surface area (Å²) < 4.78 is 1.80. The van der Waals surface area contributed by atoms with Crippen molar-refractivity contribution < 1.29 is 9.90 Å². The number of aromatic nitrogens is 2. The van der Waals surface area contributed by atoms with Gasteiger partial charge in [0, 0.05) is 6.54 Å². The van der Waals surface area contributed by atoms with E-state index in [-0.39, 0.29) is 17.4 Å². The first kappa shape index (κ1) is 18.2. The summed E-state index contributed by atoms with van der Waals surface area (Å²) in [6.45, 7) is 10.1. The number of carbonyl (C=O) groups is 1. The van der Waals surface area contributed by atoms with Gasteiger partial charge < -0.3 is 10.4 Å². The smallest absolute Gasteiger partial charge is 0.255 e. The summed E-state index contributed by atoms with van der Waals surface area (Å²) >= 11 is 0. The van der Waals surface area contributed by atoms with Gasteiger partial charge in [-0.25, -0.2) is 4.68 Å². The second kappa shape index (κ2) is 7.18. The van der Waals surface area contributed by atoms with Gasteiger partial charge in [-0.3, -0.25) is 4.79 Å². The molecule has 1 amide bonds. The number of nitrogens with zero attached hydrogens (tertiary/aromatic N) is 2. The highest BCUT2D eigenvalue weighted by Gasteiger charge is 2.24. The standard InChI is InChI=1S/C19H27N3O2/c1-13(23)11-19(4,5)12-20-18(24)17-14(2)21-22(15(17)3)16-9-7-6-8-10-16/h6-10,13,23H,11-12H2,1-5H3,(H,20,24). The number of nitrogens with one attached hydrogen (secondary N) is 1. The van der Waals surface area contributed by atoms with E-state index in [0.29, 0.717) is 24.2 Å². The molecule has 130 valence electrons. The quantitative estimate of drug-likeness (QED) is 0.856. The molecule has 0 aliphatic rings. The van der Waals surface area contributed by atoms with Crippen molar-refractivity contribution in [3.05, 3.63) is 47.3 Å². The maximum Gasteiger partial charge on any atom is 0.255 e. The number of carbonyl (C=O) groups excluding carboxylic acids is 1. The van der Waals surface area contributed by atoms with E-state index in [1.165, 1.54) is 0 Å². The summed E-state index contributed by atoms with van der Waals surface area (Å²) in [7, 11) is 0. The van der Waals surface area contributed by atoms with Crippen LogP contribution in [0.1, 0.15) is 48.9 Å². The second-order valence-electron chi connectivity index (χ2n) is 7.19. The van der Waals surface area contributed by atoms with Crippen LogP contribution in [0.3, 0.4) is 0 Å². The minimum Gasteiger partial charge on any atom is -0.393 e. The molecule has 0 aliphatic heterocycles. The number of benzene rings is 1. The predicted molar refractivity (Wildman–Crippen MR) is 95.5 cm³/mol. The minimum absolute atomic E-state index is 0.120. The van der Waals surface area contributed by atoms with E-state index in [4.69, 9.17) is 0 Å². The van der Waals surface area contributed by atoms with Crippen LogP contribution in [0.4, 0.5) is 0 Å². The zero-order valence-corrected chi connectivity index (χ0v) is 15.1. The summed E-state index contributed by atoms with van der Waals surface area (Å²) in [5.41, 5.74) is 2.92. The van der Waals surface area contributed by atoms with E-state index >= 15 is 0 Å². The lowest BCUT2D eigenvalue weighted by Gasteiger charge is -2.26. The zero-order chi connectivity index (χ0) is 17.9. The van der Waals surface area contributed by atoms with Gasteiger partial charge >= 0.3 is 0 Å². The normalized spacial score (nSPS) is 12.9. The van der Waals surface area contributed by atoms with Gasteiger partial charge in [0.2, 0.25) is 0 Å². The van der Waals surface area contributed by atoms with Crippen LogP contribution in [0, 0.1) is 19.3 Å². The first-order chi connectivity index (χ1) is 11.2. The highest BCUT2D eigenvalue weighted by Crippen LogP contribution is 2.22. The molecule has 0 saturated carbocycles. The summed E-state index contributed by atoms with van der Waals surface area (Å²) in [5, 5.41) is 17.1. The van der Waals surface area contributed by atoms with Crippen LogP contribution in [0.25, 0.3) is 5.69 Å². The molecule has 0 fully saturated rings. The molecule has 1 unspecified atom stereocenters. The van der Waals surface area contributed by atoms with Crippen molar-refractivity contribution in [3.8, 4) is 5.69 Å². The van der Waals surface area contributed by atoms with Crippen LogP contribution in [-0.2, 0) is 0 Å². The molecule has 0 radical (unpaired) electrons. The van der Waals surface area contributed by atoms with Crippen molar-refractivity contribution in [1.82, 2.24) is 15.1 Å². The Morgan fingerprint density at radius 2 is 1.92 bits per heavy atom. The van der Waals surface area contributed by atoms with Gasteiger partial charge in [0.05, 0.1) is 28.7 Å². The van der Waals surface area contributed by atoms with Crippen LogP contribution in [0.2, 0.25) is 0 Å². The molecule has 24 heavy (non-hydrogen) atoms. The Balaban J connectivity index is 2.18. The van der Waals surface area contributed by atoms with Crippen molar-refractivity contribution in [2.24, 2.45) is 5.41 Å². The Morgan fingerprint density at radius 1 is 1.29 bits per heavy atom. The van der Waals surface area contributed by atoms with Gasteiger partial charge in [-0.05, 0) is 44.7 Å². The van der Waals surface area contributed by atoms with Crippen molar-refractivity contribution in [3.63, 3.8) is 0 Å². The predicted octanol–water partition coefficient (Wildman–Crippen LogP) is 3.02. The molecular formula is C19H27N3O2. The fourth-order valence-corrected chi connectivity index (χ4v) is 3.07. The van der Waals surface area contributed by atoms with Crippen molar-refractivity contribution in [2.45, 2.75) is 47.1 Å². The molecule has 2 rings (SSSR count). The third-order valence-electron chi connectivity index (χ3n) is 4.09. The third-order valence-corrected chi connectivity index (χ3v) is 4.09. The molecule has 2 N–H and O–H groups in total. The van der Waals surface area contributed by atoms with E-state index in [2.05, 4.69) is 10.4 Å². The van der Waals surface area contributed by atoms with Gasteiger partial charge in [0.15, 0.2) is 0 Å². The van der Waals surface area contributed by atoms with Crippen molar-refractivity contribution >= 4 is 5.91 Å². The van der Waals surface area contributed by atoms with Crippen LogP contribution in [0.5, 0.6) is 0 Å². The molecule has 5 nitrogen and oxygen atoms in total. The monoisotopic (exact) mass is 329 g/mol. The fourth-order valence-electron chi connectivity index (χ4n) is 3.07. The lowest BCUT2D eigenvalue weighted by atomic mass is 9.87. The Kier molecular flexibility index (Phi) is 5.44. The highest BCUT2D eigenvalue weighted by atomic mass is 16.3. The maximum atomic E-state index is 12.6. The van der Waals surface area contributed by atoms with Gasteiger partial charge in [-0.15, -0.1) is 0 Å². The summed E-state index contributed by atoms with van der Waals surface area (Å²) in [5.74, 6) is -0.120. The van der Waals surface area contributed by atoms with Gasteiger partial charge in [-0.2, -0.15) is 5.10 Å². The molecule has 1 atom stereocenters. The number of para-hydroxylation sites is 1. The molecule has 1 aromatic carbocycles. The van der Waals surface area contributed by atoms with Crippen LogP contribution < -0.4 is 5.32 Å². The summed E-state index contributed by atoms with van der Waals surface area (Å²) in [6, 6.07) is 9.78. The Labute approximate surface area is 143 Å². The van der Waals surface area contributed by atoms with E-state index in [0.717, 1.165) is 11.4 Å². The SMILES string of the molecule is Cc1nn(-c2ccccc2)c(C)c1C(=O)NCC(C)(C)CC(C)O. The summed E-state index contributed by atoms with van der Waals surface area (Å²) in [4.78, 5) is 12.6. The highest BCUT2D eigenvalue weighted by molar-refractivity contribution is 5.96. The molecule has 5 heteroatoms. The fraction of sp³-hybridized carbons (Fsp3) is 0.474. The van der Waals surface area contributed by atoms with E-state index in [1.54, 1.807) is 11.6 Å². The van der Waals surface area contributed by atoms with Crippen LogP contribution in [0.15, 0.2) is 30.3 Å². The van der Waals surface area contributed by atoms with Crippen molar-refractivity contribution in [2.75, 3.05) is 6.54 Å². The summed E-state index contributed by atoms with van der Waals surface area (Å²) in [6.07, 6.45) is 0.246. The number of aryl methyl sites for hydroxylation is 1. The van der Waals surface area contributed by atoms with Crippen LogP contribution in [-0.4, -0.2) is 33.4 Å². The average molecular weight is 329 g/mol. The largest absolute Gasteiger partial charge is 0.393 e. The molecule has 0 aliphatic carbocycles. The minimum atomic E-state index is -0.388. The first-order valence-electron chi connectivity index (χ1n) is 8.29. The van der Waals surface area contributed by atoms with Crippen LogP contribution >= 0.6 is 0 Å². The van der Waals surface area contributed by atoms with E-state index in [9.17, 15) is 9.90 Å². The van der Waals surface area contributed by atoms with Gasteiger partial charge in [0.25, 0.3) is 5.91 Å². The van der Waals surface area contributed by atoms with Gasteiger partial charge in [-0.1, -0.05) is 32.0 Å². The average Bonchev–Trinajstić information content (AvgIpc) is 2.79.